The maximum Gasteiger partial charge on any atom is 0.271 e. The zero-order valence-corrected chi connectivity index (χ0v) is 12.9. The molecule has 0 spiro atoms. The molecule has 1 aromatic carbocycles. The molecule has 6 heteroatoms. The summed E-state index contributed by atoms with van der Waals surface area (Å²) >= 11 is 1.21. The summed E-state index contributed by atoms with van der Waals surface area (Å²) in [6, 6.07) is 10.7. The van der Waals surface area contributed by atoms with Crippen molar-refractivity contribution in [1.82, 2.24) is 5.32 Å². The molecule has 0 aliphatic heterocycles. The van der Waals surface area contributed by atoms with Crippen LogP contribution in [-0.2, 0) is 16.6 Å². The van der Waals surface area contributed by atoms with E-state index in [2.05, 4.69) is 17.0 Å². The first kappa shape index (κ1) is 15.0. The quantitative estimate of drug-likeness (QED) is 0.773. The molecule has 4 nitrogen and oxygen atoms in total. The van der Waals surface area contributed by atoms with Crippen LogP contribution in [0.25, 0.3) is 0 Å². The number of sulfonamides is 1. The van der Waals surface area contributed by atoms with Crippen molar-refractivity contribution in [3.05, 3.63) is 47.3 Å². The maximum absolute atomic E-state index is 12.0. The molecule has 0 fully saturated rings. The van der Waals surface area contributed by atoms with Gasteiger partial charge in [0.1, 0.15) is 4.21 Å². The molecule has 20 heavy (non-hydrogen) atoms. The second kappa shape index (κ2) is 6.88. The molecule has 0 atom stereocenters. The average Bonchev–Trinajstić information content (AvgIpc) is 2.95. The lowest BCUT2D eigenvalue weighted by molar-refractivity contribution is 0.603. The molecule has 1 aromatic heterocycles. The van der Waals surface area contributed by atoms with Crippen LogP contribution in [0.3, 0.4) is 0 Å². The topological polar surface area (TPSA) is 58.2 Å². The number of anilines is 1. The van der Waals surface area contributed by atoms with Crippen LogP contribution < -0.4 is 10.0 Å². The summed E-state index contributed by atoms with van der Waals surface area (Å²) in [4.78, 5) is 0. The molecule has 0 saturated carbocycles. The van der Waals surface area contributed by atoms with Gasteiger partial charge in [-0.1, -0.05) is 25.1 Å². The molecule has 0 aliphatic carbocycles. The Balaban J connectivity index is 2.00. The number of nitrogens with one attached hydrogen (secondary N) is 2. The molecule has 108 valence electrons. The maximum atomic E-state index is 12.0. The van der Waals surface area contributed by atoms with Gasteiger partial charge in [-0.15, -0.1) is 11.3 Å². The number of benzene rings is 1. The monoisotopic (exact) mass is 310 g/mol. The first-order chi connectivity index (χ1) is 9.62. The van der Waals surface area contributed by atoms with E-state index < -0.39 is 10.0 Å². The van der Waals surface area contributed by atoms with Crippen molar-refractivity contribution < 1.29 is 8.42 Å². The van der Waals surface area contributed by atoms with Gasteiger partial charge >= 0.3 is 0 Å². The number of thiophene rings is 1. The van der Waals surface area contributed by atoms with Crippen molar-refractivity contribution in [1.29, 1.82) is 0 Å². The molecular weight excluding hydrogens is 292 g/mol. The Morgan fingerprint density at radius 3 is 2.50 bits per heavy atom. The highest BCUT2D eigenvalue weighted by Gasteiger charge is 2.14. The Morgan fingerprint density at radius 1 is 1.15 bits per heavy atom. The van der Waals surface area contributed by atoms with Gasteiger partial charge in [0.2, 0.25) is 0 Å². The number of hydrogen-bond donors (Lipinski definition) is 2. The summed E-state index contributed by atoms with van der Waals surface area (Å²) in [5.74, 6) is 0. The van der Waals surface area contributed by atoms with Gasteiger partial charge in [0.05, 0.1) is 0 Å². The Hall–Kier alpha value is -1.37. The minimum atomic E-state index is -3.45. The van der Waals surface area contributed by atoms with E-state index in [4.69, 9.17) is 0 Å². The lowest BCUT2D eigenvalue weighted by Crippen LogP contribution is -2.14. The van der Waals surface area contributed by atoms with Crippen LogP contribution in [0.1, 0.15) is 18.9 Å². The summed E-state index contributed by atoms with van der Waals surface area (Å²) in [6.45, 7) is 3.90. The summed E-state index contributed by atoms with van der Waals surface area (Å²) in [7, 11) is -3.45. The fourth-order valence-corrected chi connectivity index (χ4v) is 3.77. The minimum absolute atomic E-state index is 0.325. The molecule has 0 unspecified atom stereocenters. The Bertz CT molecular complexity index is 620. The van der Waals surface area contributed by atoms with E-state index in [0.29, 0.717) is 9.90 Å². The van der Waals surface area contributed by atoms with Crippen molar-refractivity contribution in [3.8, 4) is 0 Å². The predicted octanol–water partition coefficient (Wildman–Crippen LogP) is 3.05. The largest absolute Gasteiger partial charge is 0.313 e. The third kappa shape index (κ3) is 4.06. The van der Waals surface area contributed by atoms with Gasteiger partial charge in [-0.25, -0.2) is 8.42 Å². The van der Waals surface area contributed by atoms with E-state index in [0.717, 1.165) is 25.1 Å². The summed E-state index contributed by atoms with van der Waals surface area (Å²) in [5, 5.41) is 5.05. The molecular formula is C14H18N2O2S2. The van der Waals surface area contributed by atoms with Crippen LogP contribution in [0.4, 0.5) is 5.69 Å². The molecule has 2 rings (SSSR count). The fourth-order valence-electron chi connectivity index (χ4n) is 1.72. The van der Waals surface area contributed by atoms with E-state index in [9.17, 15) is 8.42 Å². The van der Waals surface area contributed by atoms with Gasteiger partial charge in [0.25, 0.3) is 10.0 Å². The lowest BCUT2D eigenvalue weighted by atomic mass is 10.2. The normalized spacial score (nSPS) is 11.4. The summed E-state index contributed by atoms with van der Waals surface area (Å²) in [6.07, 6.45) is 1.10. The predicted molar refractivity (Wildman–Crippen MR) is 83.6 cm³/mol. The third-order valence-electron chi connectivity index (χ3n) is 2.72. The fraction of sp³-hybridized carbons (Fsp3) is 0.286. The van der Waals surface area contributed by atoms with Crippen LogP contribution in [0.2, 0.25) is 0 Å². The van der Waals surface area contributed by atoms with Crippen LogP contribution in [0.15, 0.2) is 46.0 Å². The van der Waals surface area contributed by atoms with Gasteiger partial charge < -0.3 is 5.32 Å². The molecule has 0 amide bonds. The van der Waals surface area contributed by atoms with Crippen molar-refractivity contribution in [2.75, 3.05) is 11.3 Å². The average molecular weight is 310 g/mol. The molecule has 0 bridgehead atoms. The van der Waals surface area contributed by atoms with E-state index in [1.54, 1.807) is 29.6 Å². The van der Waals surface area contributed by atoms with Crippen molar-refractivity contribution in [3.63, 3.8) is 0 Å². The van der Waals surface area contributed by atoms with Gasteiger partial charge in [-0.2, -0.15) is 0 Å². The van der Waals surface area contributed by atoms with Crippen molar-refractivity contribution in [2.45, 2.75) is 24.1 Å². The van der Waals surface area contributed by atoms with E-state index in [-0.39, 0.29) is 0 Å². The molecule has 0 saturated heterocycles. The van der Waals surface area contributed by atoms with Crippen LogP contribution in [0, 0.1) is 0 Å². The molecule has 0 radical (unpaired) electrons. The Kier molecular flexibility index (Phi) is 5.17. The van der Waals surface area contributed by atoms with Gasteiger partial charge in [0, 0.05) is 12.2 Å². The first-order valence-corrected chi connectivity index (χ1v) is 8.84. The smallest absolute Gasteiger partial charge is 0.271 e. The number of hydrogen-bond acceptors (Lipinski definition) is 4. The third-order valence-corrected chi connectivity index (χ3v) is 5.50. The van der Waals surface area contributed by atoms with Crippen LogP contribution in [0.5, 0.6) is 0 Å². The Labute approximate surface area is 123 Å². The zero-order valence-electron chi connectivity index (χ0n) is 11.3. The van der Waals surface area contributed by atoms with E-state index >= 15 is 0 Å². The molecule has 2 N–H and O–H groups in total. The van der Waals surface area contributed by atoms with E-state index in [1.807, 2.05) is 12.1 Å². The molecule has 2 aromatic rings. The molecule has 1 heterocycles. The highest BCUT2D eigenvalue weighted by atomic mass is 32.2. The van der Waals surface area contributed by atoms with Gasteiger partial charge in [-0.05, 0) is 42.1 Å². The Morgan fingerprint density at radius 2 is 1.90 bits per heavy atom. The highest BCUT2D eigenvalue weighted by Crippen LogP contribution is 2.20. The second-order valence-corrected chi connectivity index (χ2v) is 7.27. The zero-order chi connectivity index (χ0) is 14.4. The van der Waals surface area contributed by atoms with Gasteiger partial charge in [0.15, 0.2) is 0 Å². The van der Waals surface area contributed by atoms with Gasteiger partial charge in [-0.3, -0.25) is 4.72 Å². The van der Waals surface area contributed by atoms with Crippen molar-refractivity contribution in [2.24, 2.45) is 0 Å². The first-order valence-electron chi connectivity index (χ1n) is 6.48. The van der Waals surface area contributed by atoms with E-state index in [1.165, 1.54) is 11.3 Å². The highest BCUT2D eigenvalue weighted by molar-refractivity contribution is 7.94. The SMILES string of the molecule is CCCNCc1ccc(NS(=O)(=O)c2cccs2)cc1. The summed E-state index contributed by atoms with van der Waals surface area (Å²) < 4.78 is 27.0. The standard InChI is InChI=1S/C14H18N2O2S2/c1-2-9-15-11-12-5-7-13(8-6-12)16-20(17,18)14-4-3-10-19-14/h3-8,10,15-16H,2,9,11H2,1H3. The summed E-state index contributed by atoms with van der Waals surface area (Å²) in [5.41, 5.74) is 1.72. The minimum Gasteiger partial charge on any atom is -0.313 e. The van der Waals surface area contributed by atoms with Crippen LogP contribution in [-0.4, -0.2) is 15.0 Å². The number of rotatable bonds is 7. The lowest BCUT2D eigenvalue weighted by Gasteiger charge is -2.08. The second-order valence-electron chi connectivity index (χ2n) is 4.41. The molecule has 0 aliphatic rings. The van der Waals surface area contributed by atoms with Crippen LogP contribution >= 0.6 is 11.3 Å². The van der Waals surface area contributed by atoms with Crippen molar-refractivity contribution >= 4 is 27.0 Å².